The third-order valence-electron chi connectivity index (χ3n) is 3.98. The highest BCUT2D eigenvalue weighted by Crippen LogP contribution is 2.42. The van der Waals surface area contributed by atoms with E-state index in [9.17, 15) is 4.39 Å². The SMILES string of the molecule is CNC(CC1(OC)CCC1)c1cccc(Br)c1F. The van der Waals surface area contributed by atoms with Crippen molar-refractivity contribution in [2.45, 2.75) is 37.3 Å². The molecule has 0 spiro atoms. The van der Waals surface area contributed by atoms with E-state index >= 15 is 0 Å². The van der Waals surface area contributed by atoms with E-state index in [1.54, 1.807) is 13.2 Å². The quantitative estimate of drug-likeness (QED) is 0.892. The summed E-state index contributed by atoms with van der Waals surface area (Å²) in [5.74, 6) is -0.178. The first-order valence-corrected chi connectivity index (χ1v) is 7.07. The molecule has 100 valence electrons. The molecule has 0 bridgehead atoms. The summed E-state index contributed by atoms with van der Waals surface area (Å²) in [6.07, 6.45) is 4.15. The number of hydrogen-bond acceptors (Lipinski definition) is 2. The van der Waals surface area contributed by atoms with Crippen LogP contribution in [0.25, 0.3) is 0 Å². The standard InChI is InChI=1S/C14H19BrFNO/c1-17-12(9-14(18-2)7-4-8-14)10-5-3-6-11(15)13(10)16/h3,5-6,12,17H,4,7-9H2,1-2H3. The fourth-order valence-corrected chi connectivity index (χ4v) is 2.97. The Hall–Kier alpha value is -0.450. The number of methoxy groups -OCH3 is 1. The number of rotatable bonds is 5. The van der Waals surface area contributed by atoms with Crippen LogP contribution in [-0.2, 0) is 4.74 Å². The molecule has 1 aliphatic carbocycles. The summed E-state index contributed by atoms with van der Waals surface area (Å²) in [4.78, 5) is 0. The fraction of sp³-hybridized carbons (Fsp3) is 0.571. The van der Waals surface area contributed by atoms with Gasteiger partial charge in [-0.05, 0) is 54.7 Å². The van der Waals surface area contributed by atoms with E-state index < -0.39 is 0 Å². The van der Waals surface area contributed by atoms with Crippen molar-refractivity contribution >= 4 is 15.9 Å². The third-order valence-corrected chi connectivity index (χ3v) is 4.59. The minimum absolute atomic E-state index is 0.0113. The summed E-state index contributed by atoms with van der Waals surface area (Å²) in [6.45, 7) is 0. The van der Waals surface area contributed by atoms with Crippen LogP contribution < -0.4 is 5.32 Å². The molecule has 2 nitrogen and oxygen atoms in total. The van der Waals surface area contributed by atoms with Gasteiger partial charge in [-0.15, -0.1) is 0 Å². The van der Waals surface area contributed by atoms with Gasteiger partial charge in [0.25, 0.3) is 0 Å². The Balaban J connectivity index is 2.20. The molecular weight excluding hydrogens is 297 g/mol. The van der Waals surface area contributed by atoms with Crippen molar-refractivity contribution in [3.8, 4) is 0 Å². The maximum Gasteiger partial charge on any atom is 0.142 e. The zero-order chi connectivity index (χ0) is 13.2. The topological polar surface area (TPSA) is 21.3 Å². The summed E-state index contributed by atoms with van der Waals surface area (Å²) >= 11 is 3.24. The summed E-state index contributed by atoms with van der Waals surface area (Å²) in [5.41, 5.74) is 0.637. The molecule has 0 aliphatic heterocycles. The van der Waals surface area contributed by atoms with Crippen LogP contribution in [0.3, 0.4) is 0 Å². The monoisotopic (exact) mass is 315 g/mol. The highest BCUT2D eigenvalue weighted by molar-refractivity contribution is 9.10. The van der Waals surface area contributed by atoms with Gasteiger partial charge in [0, 0.05) is 18.7 Å². The van der Waals surface area contributed by atoms with E-state index in [4.69, 9.17) is 4.74 Å². The number of hydrogen-bond donors (Lipinski definition) is 1. The van der Waals surface area contributed by atoms with E-state index in [0.29, 0.717) is 10.0 Å². The number of benzene rings is 1. The van der Waals surface area contributed by atoms with Crippen molar-refractivity contribution in [3.05, 3.63) is 34.1 Å². The summed E-state index contributed by atoms with van der Waals surface area (Å²) < 4.78 is 20.2. The minimum Gasteiger partial charge on any atom is -0.378 e. The van der Waals surface area contributed by atoms with Crippen LogP contribution in [0.15, 0.2) is 22.7 Å². The van der Waals surface area contributed by atoms with Gasteiger partial charge in [0.05, 0.1) is 10.1 Å². The van der Waals surface area contributed by atoms with Crippen molar-refractivity contribution in [2.24, 2.45) is 0 Å². The van der Waals surface area contributed by atoms with Crippen molar-refractivity contribution in [3.63, 3.8) is 0 Å². The molecule has 1 aromatic carbocycles. The van der Waals surface area contributed by atoms with Gasteiger partial charge >= 0.3 is 0 Å². The van der Waals surface area contributed by atoms with E-state index in [-0.39, 0.29) is 17.5 Å². The maximum absolute atomic E-state index is 14.1. The Morgan fingerprint density at radius 3 is 2.72 bits per heavy atom. The summed E-state index contributed by atoms with van der Waals surface area (Å²) in [6, 6.07) is 5.42. The van der Waals surface area contributed by atoms with E-state index in [1.807, 2.05) is 19.2 Å². The Morgan fingerprint density at radius 2 is 2.22 bits per heavy atom. The van der Waals surface area contributed by atoms with Crippen molar-refractivity contribution < 1.29 is 9.13 Å². The molecule has 2 rings (SSSR count). The highest BCUT2D eigenvalue weighted by atomic mass is 79.9. The lowest BCUT2D eigenvalue weighted by atomic mass is 9.74. The van der Waals surface area contributed by atoms with Crippen LogP contribution in [-0.4, -0.2) is 19.8 Å². The van der Waals surface area contributed by atoms with Gasteiger partial charge < -0.3 is 10.1 Å². The molecule has 0 heterocycles. The molecule has 0 saturated heterocycles. The van der Waals surface area contributed by atoms with Crippen LogP contribution in [0.5, 0.6) is 0 Å². The lowest BCUT2D eigenvalue weighted by Gasteiger charge is -2.43. The Labute approximate surface area is 116 Å². The first-order chi connectivity index (χ1) is 8.62. The van der Waals surface area contributed by atoms with Crippen molar-refractivity contribution in [2.75, 3.05) is 14.2 Å². The largest absolute Gasteiger partial charge is 0.378 e. The van der Waals surface area contributed by atoms with Crippen LogP contribution in [0.1, 0.15) is 37.3 Å². The third kappa shape index (κ3) is 2.60. The molecule has 1 unspecified atom stereocenters. The number of nitrogens with one attached hydrogen (secondary N) is 1. The van der Waals surface area contributed by atoms with Gasteiger partial charge in [0.15, 0.2) is 0 Å². The normalized spacial score (nSPS) is 19.3. The molecule has 1 atom stereocenters. The Bertz CT molecular complexity index is 415. The first kappa shape index (κ1) is 14.0. The van der Waals surface area contributed by atoms with Gasteiger partial charge in [0.2, 0.25) is 0 Å². The predicted octanol–water partition coefficient (Wildman–Crippen LogP) is 3.81. The fourth-order valence-electron chi connectivity index (χ4n) is 2.59. The smallest absolute Gasteiger partial charge is 0.142 e. The molecule has 1 saturated carbocycles. The Kier molecular flexibility index (Phi) is 4.41. The second-order valence-corrected chi connectivity index (χ2v) is 5.78. The lowest BCUT2D eigenvalue weighted by molar-refractivity contribution is -0.0836. The summed E-state index contributed by atoms with van der Waals surface area (Å²) in [5, 5.41) is 3.20. The number of ether oxygens (including phenoxy) is 1. The minimum atomic E-state index is -0.178. The van der Waals surface area contributed by atoms with Crippen molar-refractivity contribution in [1.82, 2.24) is 5.32 Å². The zero-order valence-corrected chi connectivity index (χ0v) is 12.4. The van der Waals surface area contributed by atoms with Crippen LogP contribution in [0.2, 0.25) is 0 Å². The molecule has 4 heteroatoms. The molecule has 1 N–H and O–H groups in total. The molecule has 0 radical (unpaired) electrons. The average Bonchev–Trinajstić information content (AvgIpc) is 2.33. The molecule has 0 amide bonds. The van der Waals surface area contributed by atoms with Crippen molar-refractivity contribution in [1.29, 1.82) is 0 Å². The van der Waals surface area contributed by atoms with E-state index in [0.717, 1.165) is 19.3 Å². The van der Waals surface area contributed by atoms with Gasteiger partial charge in [-0.3, -0.25) is 0 Å². The second kappa shape index (κ2) is 5.68. The molecular formula is C14H19BrFNO. The van der Waals surface area contributed by atoms with Gasteiger partial charge in [-0.1, -0.05) is 12.1 Å². The first-order valence-electron chi connectivity index (χ1n) is 6.28. The van der Waals surface area contributed by atoms with E-state index in [1.165, 1.54) is 6.42 Å². The van der Waals surface area contributed by atoms with Crippen LogP contribution in [0, 0.1) is 5.82 Å². The van der Waals surface area contributed by atoms with Crippen LogP contribution in [0.4, 0.5) is 4.39 Å². The van der Waals surface area contributed by atoms with Crippen LogP contribution >= 0.6 is 15.9 Å². The van der Waals surface area contributed by atoms with Gasteiger partial charge in [-0.2, -0.15) is 0 Å². The van der Waals surface area contributed by atoms with Gasteiger partial charge in [0.1, 0.15) is 5.82 Å². The molecule has 1 aromatic rings. The second-order valence-electron chi connectivity index (χ2n) is 4.93. The van der Waals surface area contributed by atoms with Gasteiger partial charge in [-0.25, -0.2) is 4.39 Å². The molecule has 18 heavy (non-hydrogen) atoms. The average molecular weight is 316 g/mol. The molecule has 1 fully saturated rings. The Morgan fingerprint density at radius 1 is 1.50 bits per heavy atom. The zero-order valence-electron chi connectivity index (χ0n) is 10.8. The summed E-state index contributed by atoms with van der Waals surface area (Å²) in [7, 11) is 3.62. The molecule has 1 aliphatic rings. The predicted molar refractivity (Wildman–Crippen MR) is 74.1 cm³/mol. The number of halogens is 2. The lowest BCUT2D eigenvalue weighted by Crippen LogP contribution is -2.42. The van der Waals surface area contributed by atoms with E-state index in [2.05, 4.69) is 21.2 Å². The molecule has 0 aromatic heterocycles. The maximum atomic E-state index is 14.1. The highest BCUT2D eigenvalue weighted by Gasteiger charge is 2.39.